The van der Waals surface area contributed by atoms with Crippen LogP contribution in [-0.4, -0.2) is 75.1 Å². The van der Waals surface area contributed by atoms with E-state index in [0.717, 1.165) is 18.1 Å². The first-order valence-electron chi connectivity index (χ1n) is 14.7. The van der Waals surface area contributed by atoms with Gasteiger partial charge >= 0.3 is 0 Å². The standard InChI is InChI=1S/C21H30N2O6S.C10H16N2O4S/c1-5-28-17-9-15(10-18(12-17)29-6-2)13-22-14(3)21(25)16-7-8-20(24)19(11-16)23-30(4,26)27;1-6(11)10(14)7-3-4-9(13)8(5-7)12-17(2,15)16/h7-12,14,21-25H,5-6,13H2,1-4H3;3-6,10,12-14H,11H2,1-2H3/t14-,21-;6-,10-/m00/s1. The Morgan fingerprint density at radius 1 is 0.723 bits per heavy atom. The van der Waals surface area contributed by atoms with Crippen LogP contribution in [0.3, 0.4) is 0 Å². The number of phenolic OH excluding ortho intramolecular Hbond substituents is 2. The van der Waals surface area contributed by atoms with Crippen molar-refractivity contribution < 1.29 is 46.7 Å². The highest BCUT2D eigenvalue weighted by Crippen LogP contribution is 2.30. The largest absolute Gasteiger partial charge is 0.506 e. The van der Waals surface area contributed by atoms with E-state index in [1.807, 2.05) is 39.0 Å². The van der Waals surface area contributed by atoms with Gasteiger partial charge in [-0.3, -0.25) is 9.44 Å². The number of anilines is 2. The smallest absolute Gasteiger partial charge is 0.229 e. The van der Waals surface area contributed by atoms with Gasteiger partial charge in [-0.05, 0) is 80.8 Å². The zero-order valence-electron chi connectivity index (χ0n) is 27.3. The summed E-state index contributed by atoms with van der Waals surface area (Å²) < 4.78 is 60.6. The molecule has 0 aliphatic heterocycles. The van der Waals surface area contributed by atoms with Crippen LogP contribution >= 0.6 is 0 Å². The molecule has 0 aliphatic carbocycles. The fourth-order valence-electron chi connectivity index (χ4n) is 4.25. The molecule has 0 saturated heterocycles. The fraction of sp³-hybridized carbons (Fsp3) is 0.419. The number of aromatic hydroxyl groups is 2. The molecule has 14 nitrogen and oxygen atoms in total. The van der Waals surface area contributed by atoms with Gasteiger partial charge in [0.25, 0.3) is 0 Å². The molecule has 0 radical (unpaired) electrons. The second-order valence-electron chi connectivity index (χ2n) is 10.9. The van der Waals surface area contributed by atoms with E-state index in [-0.39, 0.29) is 28.9 Å². The lowest BCUT2D eigenvalue weighted by Gasteiger charge is -2.22. The Balaban J connectivity index is 0.000000382. The Kier molecular flexibility index (Phi) is 14.6. The molecular formula is C31H46N4O10S2. The van der Waals surface area contributed by atoms with Crippen LogP contribution < -0.4 is 30.0 Å². The summed E-state index contributed by atoms with van der Waals surface area (Å²) in [6, 6.07) is 13.3. The number of rotatable bonds is 15. The Bertz CT molecular complexity index is 1660. The SMILES string of the molecule is CCOc1cc(CN[C@@H](C)[C@H](O)c2ccc(O)c(NS(C)(=O)=O)c2)cc(OCC)c1.C[C@H](N)[C@H](O)c1ccc(O)c(NS(C)(=O)=O)c1. The number of ether oxygens (including phenoxy) is 2. The van der Waals surface area contributed by atoms with E-state index < -0.39 is 38.3 Å². The van der Waals surface area contributed by atoms with E-state index >= 15 is 0 Å². The van der Waals surface area contributed by atoms with Crippen molar-refractivity contribution in [3.8, 4) is 23.0 Å². The van der Waals surface area contributed by atoms with Crippen molar-refractivity contribution in [2.45, 2.75) is 58.5 Å². The minimum Gasteiger partial charge on any atom is -0.506 e. The summed E-state index contributed by atoms with van der Waals surface area (Å²) in [5, 5.41) is 43.0. The highest BCUT2D eigenvalue weighted by Gasteiger charge is 2.19. The molecule has 0 heterocycles. The number of nitrogens with one attached hydrogen (secondary N) is 3. The number of aliphatic hydroxyl groups is 2. The molecule has 0 saturated carbocycles. The van der Waals surface area contributed by atoms with E-state index in [2.05, 4.69) is 14.8 Å². The predicted octanol–water partition coefficient (Wildman–Crippen LogP) is 2.92. The Hall–Kier alpha value is -3.80. The third-order valence-electron chi connectivity index (χ3n) is 6.48. The topological polar surface area (TPSA) is 230 Å². The van der Waals surface area contributed by atoms with Gasteiger partial charge in [0.1, 0.15) is 23.0 Å². The highest BCUT2D eigenvalue weighted by atomic mass is 32.2. The minimum absolute atomic E-state index is 0.0182. The van der Waals surface area contributed by atoms with Crippen molar-refractivity contribution in [1.82, 2.24) is 5.32 Å². The first-order chi connectivity index (χ1) is 21.8. The second kappa shape index (κ2) is 17.4. The minimum atomic E-state index is -3.56. The molecule has 0 aromatic heterocycles. The van der Waals surface area contributed by atoms with Crippen LogP contribution in [0.15, 0.2) is 54.6 Å². The molecule has 4 atom stereocenters. The Morgan fingerprint density at radius 3 is 1.53 bits per heavy atom. The molecule has 0 spiro atoms. The maximum atomic E-state index is 11.5. The van der Waals surface area contributed by atoms with E-state index in [4.69, 9.17) is 15.2 Å². The van der Waals surface area contributed by atoms with E-state index in [1.165, 1.54) is 30.3 Å². The van der Waals surface area contributed by atoms with Crippen molar-refractivity contribution in [3.63, 3.8) is 0 Å². The zero-order valence-corrected chi connectivity index (χ0v) is 28.9. The third-order valence-corrected chi connectivity index (χ3v) is 7.66. The lowest BCUT2D eigenvalue weighted by atomic mass is 10.0. The van der Waals surface area contributed by atoms with Crippen LogP contribution in [0.25, 0.3) is 0 Å². The van der Waals surface area contributed by atoms with Crippen LogP contribution in [0.2, 0.25) is 0 Å². The van der Waals surface area contributed by atoms with Crippen LogP contribution in [0.5, 0.6) is 23.0 Å². The van der Waals surface area contributed by atoms with Crippen LogP contribution in [0.1, 0.15) is 56.6 Å². The molecule has 3 rings (SSSR count). The second-order valence-corrected chi connectivity index (χ2v) is 14.4. The maximum absolute atomic E-state index is 11.5. The van der Waals surface area contributed by atoms with Crippen molar-refractivity contribution >= 4 is 31.4 Å². The molecule has 0 unspecified atom stereocenters. The number of benzene rings is 3. The number of hydrogen-bond donors (Lipinski definition) is 8. The molecule has 47 heavy (non-hydrogen) atoms. The van der Waals surface area contributed by atoms with Gasteiger partial charge < -0.3 is 41.0 Å². The summed E-state index contributed by atoms with van der Waals surface area (Å²) in [6.45, 7) is 8.82. The summed E-state index contributed by atoms with van der Waals surface area (Å²) in [5.41, 5.74) is 7.41. The average Bonchev–Trinajstić information content (AvgIpc) is 2.96. The summed E-state index contributed by atoms with van der Waals surface area (Å²) in [7, 11) is -7.04. The van der Waals surface area contributed by atoms with E-state index in [1.54, 1.807) is 13.0 Å². The van der Waals surface area contributed by atoms with Gasteiger partial charge in [-0.2, -0.15) is 0 Å². The highest BCUT2D eigenvalue weighted by molar-refractivity contribution is 7.92. The molecule has 0 aliphatic rings. The van der Waals surface area contributed by atoms with Crippen LogP contribution in [0.4, 0.5) is 11.4 Å². The quantitative estimate of drug-likeness (QED) is 0.107. The van der Waals surface area contributed by atoms with Gasteiger partial charge in [-0.15, -0.1) is 0 Å². The van der Waals surface area contributed by atoms with Crippen molar-refractivity contribution in [2.75, 3.05) is 35.2 Å². The zero-order chi connectivity index (χ0) is 35.5. The Morgan fingerprint density at radius 2 is 1.15 bits per heavy atom. The normalized spacial score (nSPS) is 14.1. The summed E-state index contributed by atoms with van der Waals surface area (Å²) in [5.74, 6) is 0.996. The van der Waals surface area contributed by atoms with E-state index in [0.29, 0.717) is 42.4 Å². The first-order valence-corrected chi connectivity index (χ1v) is 18.5. The molecule has 262 valence electrons. The molecule has 3 aromatic carbocycles. The van der Waals surface area contributed by atoms with Crippen molar-refractivity contribution in [3.05, 3.63) is 71.3 Å². The van der Waals surface area contributed by atoms with Gasteiger partial charge in [0.05, 0.1) is 49.3 Å². The molecular weight excluding hydrogens is 652 g/mol. The maximum Gasteiger partial charge on any atom is 0.229 e. The predicted molar refractivity (Wildman–Crippen MR) is 182 cm³/mol. The summed E-state index contributed by atoms with van der Waals surface area (Å²) in [6.07, 6.45) is 0.121. The lowest BCUT2D eigenvalue weighted by molar-refractivity contribution is 0.135. The Labute approximate surface area is 276 Å². The first kappa shape index (κ1) is 39.4. The van der Waals surface area contributed by atoms with Gasteiger partial charge in [0.2, 0.25) is 20.0 Å². The third kappa shape index (κ3) is 13.5. The van der Waals surface area contributed by atoms with Gasteiger partial charge in [0.15, 0.2) is 0 Å². The number of phenols is 2. The van der Waals surface area contributed by atoms with Crippen LogP contribution in [-0.2, 0) is 26.6 Å². The number of sulfonamides is 2. The average molecular weight is 699 g/mol. The van der Waals surface area contributed by atoms with Gasteiger partial charge in [-0.1, -0.05) is 12.1 Å². The lowest BCUT2D eigenvalue weighted by Crippen LogP contribution is -2.31. The monoisotopic (exact) mass is 698 g/mol. The molecule has 16 heteroatoms. The van der Waals surface area contributed by atoms with E-state index in [9.17, 15) is 37.3 Å². The molecule has 0 bridgehead atoms. The molecule has 9 N–H and O–H groups in total. The molecule has 0 fully saturated rings. The number of nitrogens with two attached hydrogens (primary N) is 1. The van der Waals surface area contributed by atoms with Crippen LogP contribution in [0, 0.1) is 0 Å². The van der Waals surface area contributed by atoms with Crippen molar-refractivity contribution in [1.29, 1.82) is 0 Å². The van der Waals surface area contributed by atoms with Gasteiger partial charge in [-0.25, -0.2) is 16.8 Å². The molecule has 0 amide bonds. The number of hydrogen-bond acceptors (Lipinski definition) is 12. The van der Waals surface area contributed by atoms with Crippen molar-refractivity contribution in [2.24, 2.45) is 5.73 Å². The fourth-order valence-corrected chi connectivity index (χ4v) is 5.38. The molecule has 3 aromatic rings. The van der Waals surface area contributed by atoms with Gasteiger partial charge in [0, 0.05) is 24.7 Å². The summed E-state index contributed by atoms with van der Waals surface area (Å²) in [4.78, 5) is 0. The number of aliphatic hydroxyl groups excluding tert-OH is 2. The summed E-state index contributed by atoms with van der Waals surface area (Å²) >= 11 is 0.